The predicted octanol–water partition coefficient (Wildman–Crippen LogP) is 2.93. The number of carbonyl (C=O) groups is 2. The molecule has 142 valence electrons. The number of nitrogens with zero attached hydrogens (tertiary/aromatic N) is 1. The Kier molecular flexibility index (Phi) is 6.06. The van der Waals surface area contributed by atoms with Gasteiger partial charge in [-0.3, -0.25) is 9.59 Å². The van der Waals surface area contributed by atoms with Crippen LogP contribution < -0.4 is 10.1 Å². The number of piperidine rings is 1. The van der Waals surface area contributed by atoms with Crippen LogP contribution in [0.25, 0.3) is 0 Å². The van der Waals surface area contributed by atoms with Gasteiger partial charge in [-0.15, -0.1) is 0 Å². The van der Waals surface area contributed by atoms with Crippen molar-refractivity contribution < 1.29 is 18.7 Å². The Hall–Kier alpha value is -2.89. The minimum atomic E-state index is -0.348. The molecule has 2 aromatic rings. The van der Waals surface area contributed by atoms with Crippen molar-refractivity contribution in [1.82, 2.24) is 10.2 Å². The van der Waals surface area contributed by atoms with Crippen LogP contribution in [-0.2, 0) is 4.79 Å². The number of benzene rings is 2. The molecular weight excluding hydrogens is 347 g/mol. The van der Waals surface area contributed by atoms with Gasteiger partial charge in [-0.2, -0.15) is 0 Å². The maximum absolute atomic E-state index is 12.8. The summed E-state index contributed by atoms with van der Waals surface area (Å²) >= 11 is 0. The van der Waals surface area contributed by atoms with Gasteiger partial charge in [-0.05, 0) is 56.2 Å². The first-order valence-electron chi connectivity index (χ1n) is 9.05. The van der Waals surface area contributed by atoms with E-state index in [1.54, 1.807) is 0 Å². The lowest BCUT2D eigenvalue weighted by atomic mass is 10.0. The Morgan fingerprint density at radius 2 is 1.70 bits per heavy atom. The first kappa shape index (κ1) is 18.9. The molecule has 1 heterocycles. The summed E-state index contributed by atoms with van der Waals surface area (Å²) in [5.41, 5.74) is 1.81. The fourth-order valence-electron chi connectivity index (χ4n) is 3.05. The fourth-order valence-corrected chi connectivity index (χ4v) is 3.05. The topological polar surface area (TPSA) is 58.6 Å². The summed E-state index contributed by atoms with van der Waals surface area (Å²) in [4.78, 5) is 26.4. The molecular formula is C21H23FN2O3. The van der Waals surface area contributed by atoms with E-state index in [9.17, 15) is 14.0 Å². The number of ether oxygens (including phenoxy) is 1. The molecule has 0 bridgehead atoms. The van der Waals surface area contributed by atoms with E-state index in [4.69, 9.17) is 4.74 Å². The molecule has 1 N–H and O–H groups in total. The number of carbonyl (C=O) groups excluding carboxylic acids is 2. The Labute approximate surface area is 158 Å². The van der Waals surface area contributed by atoms with Crippen molar-refractivity contribution >= 4 is 11.8 Å². The van der Waals surface area contributed by atoms with Crippen molar-refractivity contribution in [3.8, 4) is 5.75 Å². The second-order valence-electron chi connectivity index (χ2n) is 6.74. The molecule has 1 aliphatic rings. The standard InChI is InChI=1S/C21H23FN2O3/c1-15-2-4-16(5-3-15)21(26)24-12-10-18(11-13-24)23-20(25)14-27-19-8-6-17(22)7-9-19/h2-9,18H,10-14H2,1H3,(H,23,25). The van der Waals surface area contributed by atoms with Crippen molar-refractivity contribution in [3.05, 3.63) is 65.5 Å². The molecule has 0 aliphatic carbocycles. The Balaban J connectivity index is 1.42. The molecule has 0 atom stereocenters. The third-order valence-corrected chi connectivity index (χ3v) is 4.63. The lowest BCUT2D eigenvalue weighted by Gasteiger charge is -2.32. The highest BCUT2D eigenvalue weighted by atomic mass is 19.1. The zero-order valence-electron chi connectivity index (χ0n) is 15.3. The minimum Gasteiger partial charge on any atom is -0.484 e. The highest BCUT2D eigenvalue weighted by molar-refractivity contribution is 5.94. The molecule has 0 radical (unpaired) electrons. The molecule has 1 saturated heterocycles. The van der Waals surface area contributed by atoms with E-state index in [1.807, 2.05) is 36.1 Å². The van der Waals surface area contributed by atoms with Gasteiger partial charge >= 0.3 is 0 Å². The maximum atomic E-state index is 12.8. The molecule has 0 unspecified atom stereocenters. The molecule has 0 saturated carbocycles. The lowest BCUT2D eigenvalue weighted by molar-refractivity contribution is -0.124. The number of amides is 2. The monoisotopic (exact) mass is 370 g/mol. The minimum absolute atomic E-state index is 0.0244. The number of halogens is 1. The van der Waals surface area contributed by atoms with Crippen LogP contribution in [0.1, 0.15) is 28.8 Å². The second kappa shape index (κ2) is 8.66. The van der Waals surface area contributed by atoms with E-state index >= 15 is 0 Å². The third kappa shape index (κ3) is 5.29. The van der Waals surface area contributed by atoms with Gasteiger partial charge in [0.05, 0.1) is 0 Å². The first-order valence-corrected chi connectivity index (χ1v) is 9.05. The molecule has 1 aliphatic heterocycles. The van der Waals surface area contributed by atoms with Gasteiger partial charge in [0.15, 0.2) is 6.61 Å². The highest BCUT2D eigenvalue weighted by Gasteiger charge is 2.24. The van der Waals surface area contributed by atoms with Crippen LogP contribution in [-0.4, -0.2) is 42.5 Å². The number of likely N-dealkylation sites (tertiary alicyclic amines) is 1. The average molecular weight is 370 g/mol. The zero-order valence-corrected chi connectivity index (χ0v) is 15.3. The summed E-state index contributed by atoms with van der Waals surface area (Å²) in [6.45, 7) is 3.09. The molecule has 0 spiro atoms. The number of hydrogen-bond acceptors (Lipinski definition) is 3. The number of nitrogens with one attached hydrogen (secondary N) is 1. The number of rotatable bonds is 5. The van der Waals surface area contributed by atoms with Crippen molar-refractivity contribution in [1.29, 1.82) is 0 Å². The fraction of sp³-hybridized carbons (Fsp3) is 0.333. The van der Waals surface area contributed by atoms with E-state index in [1.165, 1.54) is 24.3 Å². The molecule has 2 amide bonds. The summed E-state index contributed by atoms with van der Waals surface area (Å²) < 4.78 is 18.2. The SMILES string of the molecule is Cc1ccc(C(=O)N2CCC(NC(=O)COc3ccc(F)cc3)CC2)cc1. The highest BCUT2D eigenvalue weighted by Crippen LogP contribution is 2.15. The van der Waals surface area contributed by atoms with Gasteiger partial charge in [0.1, 0.15) is 11.6 Å². The van der Waals surface area contributed by atoms with Crippen LogP contribution in [0, 0.1) is 12.7 Å². The second-order valence-corrected chi connectivity index (χ2v) is 6.74. The van der Waals surface area contributed by atoms with Crippen molar-refractivity contribution in [2.24, 2.45) is 0 Å². The van der Waals surface area contributed by atoms with Crippen LogP contribution in [0.3, 0.4) is 0 Å². The van der Waals surface area contributed by atoms with Gasteiger partial charge in [-0.25, -0.2) is 4.39 Å². The molecule has 3 rings (SSSR count). The van der Waals surface area contributed by atoms with E-state index in [0.29, 0.717) is 37.2 Å². The predicted molar refractivity (Wildman–Crippen MR) is 100 cm³/mol. The summed E-state index contributed by atoms with van der Waals surface area (Å²) in [5, 5.41) is 2.93. The first-order chi connectivity index (χ1) is 13.0. The maximum Gasteiger partial charge on any atom is 0.258 e. The van der Waals surface area contributed by atoms with E-state index in [-0.39, 0.29) is 30.3 Å². The molecule has 0 aromatic heterocycles. The molecule has 1 fully saturated rings. The van der Waals surface area contributed by atoms with E-state index in [2.05, 4.69) is 5.32 Å². The molecule has 5 nitrogen and oxygen atoms in total. The quantitative estimate of drug-likeness (QED) is 0.880. The smallest absolute Gasteiger partial charge is 0.258 e. The third-order valence-electron chi connectivity index (χ3n) is 4.63. The van der Waals surface area contributed by atoms with Gasteiger partial charge in [0, 0.05) is 24.7 Å². The Bertz CT molecular complexity index is 782. The molecule has 27 heavy (non-hydrogen) atoms. The van der Waals surface area contributed by atoms with Crippen LogP contribution in [0.2, 0.25) is 0 Å². The molecule has 6 heteroatoms. The zero-order chi connectivity index (χ0) is 19.2. The van der Waals surface area contributed by atoms with E-state index < -0.39 is 0 Å². The van der Waals surface area contributed by atoms with Crippen molar-refractivity contribution in [2.75, 3.05) is 19.7 Å². The lowest BCUT2D eigenvalue weighted by Crippen LogP contribution is -2.47. The summed E-state index contributed by atoms with van der Waals surface area (Å²) in [5.74, 6) is -0.0918. The normalized spacial score (nSPS) is 14.7. The van der Waals surface area contributed by atoms with Gasteiger partial charge < -0.3 is 15.0 Å². The van der Waals surface area contributed by atoms with Gasteiger partial charge in [0.2, 0.25) is 0 Å². The van der Waals surface area contributed by atoms with Crippen LogP contribution >= 0.6 is 0 Å². The van der Waals surface area contributed by atoms with Crippen LogP contribution in [0.15, 0.2) is 48.5 Å². The summed E-state index contributed by atoms with van der Waals surface area (Å²) in [7, 11) is 0. The molecule has 2 aromatic carbocycles. The summed E-state index contributed by atoms with van der Waals surface area (Å²) in [6.07, 6.45) is 1.42. The number of hydrogen-bond donors (Lipinski definition) is 1. The largest absolute Gasteiger partial charge is 0.484 e. The summed E-state index contributed by atoms with van der Waals surface area (Å²) in [6, 6.07) is 13.1. The van der Waals surface area contributed by atoms with Crippen molar-refractivity contribution in [2.45, 2.75) is 25.8 Å². The van der Waals surface area contributed by atoms with Gasteiger partial charge in [-0.1, -0.05) is 17.7 Å². The van der Waals surface area contributed by atoms with Crippen molar-refractivity contribution in [3.63, 3.8) is 0 Å². The number of aryl methyl sites for hydroxylation is 1. The van der Waals surface area contributed by atoms with E-state index in [0.717, 1.165) is 5.56 Å². The Morgan fingerprint density at radius 3 is 2.33 bits per heavy atom. The Morgan fingerprint density at radius 1 is 1.07 bits per heavy atom. The van der Waals surface area contributed by atoms with Crippen LogP contribution in [0.4, 0.5) is 4.39 Å². The average Bonchev–Trinajstić information content (AvgIpc) is 2.68. The van der Waals surface area contributed by atoms with Gasteiger partial charge in [0.25, 0.3) is 11.8 Å². The van der Waals surface area contributed by atoms with Crippen LogP contribution in [0.5, 0.6) is 5.75 Å².